The molecular weight excluding hydrogens is 350 g/mol. The zero-order valence-electron chi connectivity index (χ0n) is 17.0. The summed E-state index contributed by atoms with van der Waals surface area (Å²) < 4.78 is 17.5. The van der Waals surface area contributed by atoms with E-state index in [1.165, 1.54) is 24.8 Å². The minimum atomic E-state index is 0.328. The third-order valence-corrected chi connectivity index (χ3v) is 5.76. The highest BCUT2D eigenvalue weighted by Crippen LogP contribution is 2.45. The Morgan fingerprint density at radius 2 is 1.64 bits per heavy atom. The second kappa shape index (κ2) is 8.26. The molecule has 28 heavy (non-hydrogen) atoms. The van der Waals surface area contributed by atoms with Crippen molar-refractivity contribution in [3.8, 4) is 17.2 Å². The molecule has 0 N–H and O–H groups in total. The van der Waals surface area contributed by atoms with E-state index in [-0.39, 0.29) is 0 Å². The molecule has 0 amide bonds. The van der Waals surface area contributed by atoms with Crippen LogP contribution in [0.25, 0.3) is 0 Å². The third-order valence-electron chi connectivity index (χ3n) is 5.76. The summed E-state index contributed by atoms with van der Waals surface area (Å²) in [6, 6.07) is 12.8. The average molecular weight is 380 g/mol. The third kappa shape index (κ3) is 3.36. The normalized spacial score (nSPS) is 20.6. The van der Waals surface area contributed by atoms with Crippen LogP contribution in [0, 0.1) is 0 Å². The van der Waals surface area contributed by atoms with Crippen molar-refractivity contribution >= 4 is 5.71 Å². The molecule has 4 heteroatoms. The molecule has 148 valence electrons. The molecule has 0 radical (unpaired) electrons. The van der Waals surface area contributed by atoms with Crippen LogP contribution in [0.1, 0.15) is 62.1 Å². The van der Waals surface area contributed by atoms with Crippen LogP contribution in [0.5, 0.6) is 17.2 Å². The molecule has 4 nitrogen and oxygen atoms in total. The smallest absolute Gasteiger partial charge is 0.161 e. The van der Waals surface area contributed by atoms with E-state index >= 15 is 0 Å². The lowest BCUT2D eigenvalue weighted by atomic mass is 9.75. The molecule has 0 saturated heterocycles. The van der Waals surface area contributed by atoms with Crippen LogP contribution in [0.3, 0.4) is 0 Å². The summed E-state index contributed by atoms with van der Waals surface area (Å²) in [5, 5.41) is 0. The van der Waals surface area contributed by atoms with Crippen LogP contribution in [0.15, 0.2) is 41.4 Å². The molecule has 1 saturated carbocycles. The number of rotatable bonds is 6. The monoisotopic (exact) mass is 379 g/mol. The van der Waals surface area contributed by atoms with Crippen molar-refractivity contribution in [2.24, 2.45) is 4.99 Å². The first-order valence-corrected chi connectivity index (χ1v) is 10.4. The summed E-state index contributed by atoms with van der Waals surface area (Å²) in [5.74, 6) is 2.93. The maximum atomic E-state index is 5.92. The largest absolute Gasteiger partial charge is 0.493 e. The van der Waals surface area contributed by atoms with Crippen molar-refractivity contribution in [1.82, 2.24) is 0 Å². The van der Waals surface area contributed by atoms with Gasteiger partial charge in [0, 0.05) is 17.0 Å². The van der Waals surface area contributed by atoms with Crippen LogP contribution in [0.2, 0.25) is 0 Å². The molecule has 4 rings (SSSR count). The fourth-order valence-electron chi connectivity index (χ4n) is 4.54. The van der Waals surface area contributed by atoms with Gasteiger partial charge < -0.3 is 14.2 Å². The van der Waals surface area contributed by atoms with E-state index < -0.39 is 0 Å². The fraction of sp³-hybridized carbons (Fsp3) is 0.458. The van der Waals surface area contributed by atoms with Crippen molar-refractivity contribution in [2.45, 2.75) is 51.5 Å². The van der Waals surface area contributed by atoms with E-state index in [0.717, 1.165) is 40.5 Å². The van der Waals surface area contributed by atoms with Gasteiger partial charge in [0.2, 0.25) is 0 Å². The zero-order valence-corrected chi connectivity index (χ0v) is 17.0. The van der Waals surface area contributed by atoms with Gasteiger partial charge in [0.05, 0.1) is 32.1 Å². The van der Waals surface area contributed by atoms with Gasteiger partial charge in [-0.15, -0.1) is 0 Å². The minimum Gasteiger partial charge on any atom is -0.493 e. The van der Waals surface area contributed by atoms with E-state index in [1.54, 1.807) is 7.11 Å². The topological polar surface area (TPSA) is 40.0 Å². The van der Waals surface area contributed by atoms with E-state index in [1.807, 2.05) is 26.0 Å². The van der Waals surface area contributed by atoms with E-state index in [2.05, 4.69) is 24.3 Å². The first-order valence-electron chi connectivity index (χ1n) is 10.4. The SMILES string of the molecule is CCOc1cc2c(cc1OC)C(c1ccccc1OCC)=NC1CCCCC21. The maximum Gasteiger partial charge on any atom is 0.161 e. The van der Waals surface area contributed by atoms with Gasteiger partial charge in [-0.25, -0.2) is 0 Å². The summed E-state index contributed by atoms with van der Waals surface area (Å²) >= 11 is 0. The number of para-hydroxylation sites is 1. The first kappa shape index (κ1) is 18.9. The second-order valence-electron chi connectivity index (χ2n) is 7.39. The summed E-state index contributed by atoms with van der Waals surface area (Å²) in [5.41, 5.74) is 4.56. The van der Waals surface area contributed by atoms with Gasteiger partial charge in [0.15, 0.2) is 11.5 Å². The maximum absolute atomic E-state index is 5.92. The Morgan fingerprint density at radius 1 is 0.893 bits per heavy atom. The van der Waals surface area contributed by atoms with Crippen LogP contribution in [-0.4, -0.2) is 32.1 Å². The highest BCUT2D eigenvalue weighted by molar-refractivity contribution is 6.16. The summed E-state index contributed by atoms with van der Waals surface area (Å²) in [4.78, 5) is 5.25. The summed E-state index contributed by atoms with van der Waals surface area (Å²) in [6.45, 7) is 5.28. The van der Waals surface area contributed by atoms with Crippen LogP contribution >= 0.6 is 0 Å². The van der Waals surface area contributed by atoms with Gasteiger partial charge in [-0.05, 0) is 56.5 Å². The van der Waals surface area contributed by atoms with Gasteiger partial charge in [0.25, 0.3) is 0 Å². The van der Waals surface area contributed by atoms with Crippen LogP contribution < -0.4 is 14.2 Å². The van der Waals surface area contributed by atoms with Crippen molar-refractivity contribution in [1.29, 1.82) is 0 Å². The Labute approximate surface area is 167 Å². The number of fused-ring (bicyclic) bond motifs is 3. The predicted octanol–water partition coefficient (Wildman–Crippen LogP) is 5.37. The van der Waals surface area contributed by atoms with Gasteiger partial charge >= 0.3 is 0 Å². The van der Waals surface area contributed by atoms with Gasteiger partial charge in [-0.2, -0.15) is 0 Å². The highest BCUT2D eigenvalue weighted by atomic mass is 16.5. The van der Waals surface area contributed by atoms with Crippen molar-refractivity contribution in [3.63, 3.8) is 0 Å². The molecule has 2 atom stereocenters. The molecular formula is C24H29NO3. The Morgan fingerprint density at radius 3 is 2.43 bits per heavy atom. The predicted molar refractivity (Wildman–Crippen MR) is 112 cm³/mol. The minimum absolute atomic E-state index is 0.328. The lowest BCUT2D eigenvalue weighted by Gasteiger charge is -2.36. The molecule has 2 aromatic rings. The molecule has 0 spiro atoms. The Kier molecular flexibility index (Phi) is 5.56. The molecule has 0 aromatic heterocycles. The molecule has 2 aromatic carbocycles. The molecule has 2 aliphatic rings. The van der Waals surface area contributed by atoms with E-state index in [4.69, 9.17) is 19.2 Å². The number of hydrogen-bond acceptors (Lipinski definition) is 4. The lowest BCUT2D eigenvalue weighted by molar-refractivity contribution is 0.308. The van der Waals surface area contributed by atoms with Gasteiger partial charge in [-0.3, -0.25) is 4.99 Å². The molecule has 1 heterocycles. The van der Waals surface area contributed by atoms with Crippen molar-refractivity contribution in [3.05, 3.63) is 53.1 Å². The van der Waals surface area contributed by atoms with Crippen molar-refractivity contribution < 1.29 is 14.2 Å². The Bertz CT molecular complexity index is 874. The van der Waals surface area contributed by atoms with E-state index in [0.29, 0.717) is 25.2 Å². The number of ether oxygens (including phenoxy) is 3. The van der Waals surface area contributed by atoms with E-state index in [9.17, 15) is 0 Å². The zero-order chi connectivity index (χ0) is 19.5. The second-order valence-corrected chi connectivity index (χ2v) is 7.39. The number of aliphatic imine (C=N–C) groups is 1. The number of benzene rings is 2. The molecule has 0 bridgehead atoms. The van der Waals surface area contributed by atoms with Crippen LogP contribution in [-0.2, 0) is 0 Å². The molecule has 1 fully saturated rings. The first-order chi connectivity index (χ1) is 13.8. The number of methoxy groups -OCH3 is 1. The molecule has 1 aliphatic heterocycles. The summed E-state index contributed by atoms with van der Waals surface area (Å²) in [7, 11) is 1.70. The highest BCUT2D eigenvalue weighted by Gasteiger charge is 2.35. The molecule has 1 aliphatic carbocycles. The number of nitrogens with zero attached hydrogens (tertiary/aromatic N) is 1. The Hall–Kier alpha value is -2.49. The number of hydrogen-bond donors (Lipinski definition) is 0. The lowest BCUT2D eigenvalue weighted by Crippen LogP contribution is -2.29. The van der Waals surface area contributed by atoms with Crippen molar-refractivity contribution in [2.75, 3.05) is 20.3 Å². The Balaban J connectivity index is 1.90. The van der Waals surface area contributed by atoms with Gasteiger partial charge in [0.1, 0.15) is 5.75 Å². The molecule has 2 unspecified atom stereocenters. The van der Waals surface area contributed by atoms with Crippen LogP contribution in [0.4, 0.5) is 0 Å². The fourth-order valence-corrected chi connectivity index (χ4v) is 4.54. The quantitative estimate of drug-likeness (QED) is 0.677. The van der Waals surface area contributed by atoms with Gasteiger partial charge in [-0.1, -0.05) is 25.0 Å². The standard InChI is InChI=1S/C24H29NO3/c1-4-27-21-13-9-7-11-17(21)24-19-15-22(26-3)23(28-5-2)14-18(19)16-10-6-8-12-20(16)25-24/h7,9,11,13-16,20H,4-6,8,10,12H2,1-3H3. The summed E-state index contributed by atoms with van der Waals surface area (Å²) in [6.07, 6.45) is 4.83. The average Bonchev–Trinajstić information content (AvgIpc) is 2.73.